The molecule has 0 atom stereocenters. The highest BCUT2D eigenvalue weighted by atomic mass is 32.2. The number of amidine groups is 1. The van der Waals surface area contributed by atoms with Gasteiger partial charge in [0.05, 0.1) is 15.5 Å². The molecule has 33 heavy (non-hydrogen) atoms. The second kappa shape index (κ2) is 9.07. The first-order chi connectivity index (χ1) is 15.8. The molecular weight excluding hydrogens is 438 g/mol. The van der Waals surface area contributed by atoms with Gasteiger partial charge in [-0.1, -0.05) is 6.07 Å². The van der Waals surface area contributed by atoms with E-state index in [-0.39, 0.29) is 11.6 Å². The maximum atomic E-state index is 12.9. The van der Waals surface area contributed by atoms with Crippen molar-refractivity contribution in [3.05, 3.63) is 86.0 Å². The Hall–Kier alpha value is -3.65. The Labute approximate surface area is 196 Å². The molecule has 168 valence electrons. The molecule has 3 aromatic rings. The minimum Gasteiger partial charge on any atom is -0.457 e. The number of aliphatic imine (C=N–C) groups is 1. The summed E-state index contributed by atoms with van der Waals surface area (Å²) in [4.78, 5) is 30.4. The van der Waals surface area contributed by atoms with Crippen LogP contribution in [0.15, 0.2) is 62.8 Å². The number of rotatable bonds is 5. The summed E-state index contributed by atoms with van der Waals surface area (Å²) in [7, 11) is 0. The van der Waals surface area contributed by atoms with E-state index in [0.29, 0.717) is 28.1 Å². The largest absolute Gasteiger partial charge is 0.457 e. The minimum absolute atomic E-state index is 0.0355. The van der Waals surface area contributed by atoms with E-state index in [9.17, 15) is 14.9 Å². The van der Waals surface area contributed by atoms with Crippen LogP contribution in [0.1, 0.15) is 29.4 Å². The third-order valence-corrected chi connectivity index (χ3v) is 6.51. The highest BCUT2D eigenvalue weighted by Gasteiger charge is 2.32. The monoisotopic (exact) mass is 461 g/mol. The fourth-order valence-corrected chi connectivity index (χ4v) is 4.56. The lowest BCUT2D eigenvalue weighted by Gasteiger charge is -2.12. The summed E-state index contributed by atoms with van der Waals surface area (Å²) < 4.78 is 5.94. The molecule has 0 aliphatic carbocycles. The van der Waals surface area contributed by atoms with Crippen LogP contribution in [-0.2, 0) is 4.79 Å². The van der Waals surface area contributed by atoms with Gasteiger partial charge >= 0.3 is 0 Å². The van der Waals surface area contributed by atoms with Gasteiger partial charge in [0.15, 0.2) is 5.17 Å². The van der Waals surface area contributed by atoms with E-state index in [4.69, 9.17) is 9.41 Å². The highest BCUT2D eigenvalue weighted by molar-refractivity contribution is 8.18. The molecule has 1 aliphatic heterocycles. The van der Waals surface area contributed by atoms with Crippen LogP contribution >= 0.6 is 11.8 Å². The van der Waals surface area contributed by atoms with E-state index in [1.165, 1.54) is 29.5 Å². The number of benzene rings is 2. The lowest BCUT2D eigenvalue weighted by atomic mass is 10.1. The summed E-state index contributed by atoms with van der Waals surface area (Å²) >= 11 is 1.32. The smallest absolute Gasteiger partial charge is 0.269 e. The van der Waals surface area contributed by atoms with Gasteiger partial charge in [-0.15, -0.1) is 0 Å². The van der Waals surface area contributed by atoms with Gasteiger partial charge in [-0.25, -0.2) is 4.99 Å². The zero-order chi connectivity index (χ0) is 23.7. The number of aryl methyl sites for hydroxylation is 3. The first kappa shape index (κ1) is 22.5. The van der Waals surface area contributed by atoms with Crippen molar-refractivity contribution >= 4 is 40.3 Å². The van der Waals surface area contributed by atoms with Crippen molar-refractivity contribution in [2.24, 2.45) is 4.99 Å². The predicted molar refractivity (Wildman–Crippen MR) is 132 cm³/mol. The number of likely N-dealkylation sites (N-methyl/N-ethyl adjacent to an activating group) is 1. The van der Waals surface area contributed by atoms with E-state index in [2.05, 4.69) is 6.92 Å². The lowest BCUT2D eigenvalue weighted by Crippen LogP contribution is -2.28. The third-order valence-electron chi connectivity index (χ3n) is 5.51. The average Bonchev–Trinajstić information content (AvgIpc) is 3.35. The molecule has 8 heteroatoms. The van der Waals surface area contributed by atoms with Gasteiger partial charge < -0.3 is 4.42 Å². The van der Waals surface area contributed by atoms with E-state index in [1.807, 2.05) is 32.0 Å². The van der Waals surface area contributed by atoms with E-state index >= 15 is 0 Å². The molecule has 2 aromatic carbocycles. The normalized spacial score (nSPS) is 16.2. The van der Waals surface area contributed by atoms with Gasteiger partial charge in [0.25, 0.3) is 11.6 Å². The molecule has 1 saturated heterocycles. The molecule has 2 heterocycles. The first-order valence-electron chi connectivity index (χ1n) is 10.5. The zero-order valence-electron chi connectivity index (χ0n) is 18.8. The van der Waals surface area contributed by atoms with Crippen LogP contribution in [-0.4, -0.2) is 27.4 Å². The van der Waals surface area contributed by atoms with Gasteiger partial charge in [0, 0.05) is 30.3 Å². The molecular formula is C25H23N3O4S. The van der Waals surface area contributed by atoms with Gasteiger partial charge in [0.1, 0.15) is 11.5 Å². The maximum Gasteiger partial charge on any atom is 0.269 e. The molecule has 1 aliphatic rings. The molecule has 1 aromatic heterocycles. The number of hydrogen-bond donors (Lipinski definition) is 0. The Balaban J connectivity index is 1.61. The lowest BCUT2D eigenvalue weighted by molar-refractivity contribution is -0.384. The number of amides is 1. The fourth-order valence-electron chi connectivity index (χ4n) is 3.52. The number of non-ortho nitro benzene ring substituents is 1. The summed E-state index contributed by atoms with van der Waals surface area (Å²) in [6.45, 7) is 8.32. The zero-order valence-corrected chi connectivity index (χ0v) is 19.6. The summed E-state index contributed by atoms with van der Waals surface area (Å²) in [6.07, 6.45) is 1.71. The number of nitro benzene ring substituents is 1. The first-order valence-corrected chi connectivity index (χ1v) is 11.3. The molecule has 0 radical (unpaired) electrons. The molecule has 1 amide bonds. The van der Waals surface area contributed by atoms with Crippen LogP contribution < -0.4 is 0 Å². The minimum atomic E-state index is -0.422. The van der Waals surface area contributed by atoms with Crippen molar-refractivity contribution in [1.82, 2.24) is 4.90 Å². The third kappa shape index (κ3) is 4.61. The van der Waals surface area contributed by atoms with E-state index in [1.54, 1.807) is 36.1 Å². The quantitative estimate of drug-likeness (QED) is 0.249. The number of furan rings is 1. The van der Waals surface area contributed by atoms with Crippen molar-refractivity contribution < 1.29 is 14.1 Å². The second-order valence-corrected chi connectivity index (χ2v) is 8.79. The summed E-state index contributed by atoms with van der Waals surface area (Å²) in [5.41, 5.74) is 4.69. The van der Waals surface area contributed by atoms with Crippen molar-refractivity contribution in [3.8, 4) is 11.3 Å². The molecule has 1 fully saturated rings. The Morgan fingerprint density at radius 2 is 1.85 bits per heavy atom. The SMILES string of the molecule is CCN1C(=O)/C(=C\c2ccc(-c3ccc([N+](=O)[O-])cc3C)o2)SC1=Nc1ccc(C)c(C)c1. The Morgan fingerprint density at radius 3 is 2.52 bits per heavy atom. The van der Waals surface area contributed by atoms with Crippen LogP contribution in [0.25, 0.3) is 17.4 Å². The topological polar surface area (TPSA) is 89.0 Å². The van der Waals surface area contributed by atoms with Crippen LogP contribution in [0.2, 0.25) is 0 Å². The van der Waals surface area contributed by atoms with Crippen molar-refractivity contribution in [1.29, 1.82) is 0 Å². The van der Waals surface area contributed by atoms with Crippen LogP contribution in [0.4, 0.5) is 11.4 Å². The van der Waals surface area contributed by atoms with E-state index in [0.717, 1.165) is 22.4 Å². The highest BCUT2D eigenvalue weighted by Crippen LogP contribution is 2.35. The standard InChI is InChI=1S/C25H23N3O4S/c1-5-27-24(29)23(33-25(27)26-18-7-6-15(2)16(3)12-18)14-20-9-11-22(32-20)21-10-8-19(28(30)31)13-17(21)4/h6-14H,5H2,1-4H3/b23-14+,26-25?. The number of carbonyl (C=O) groups is 1. The fraction of sp³-hybridized carbons (Fsp3) is 0.200. The van der Waals surface area contributed by atoms with Crippen molar-refractivity contribution in [3.63, 3.8) is 0 Å². The van der Waals surface area contributed by atoms with Crippen molar-refractivity contribution in [2.45, 2.75) is 27.7 Å². The average molecular weight is 462 g/mol. The van der Waals surface area contributed by atoms with Crippen LogP contribution in [0.5, 0.6) is 0 Å². The van der Waals surface area contributed by atoms with Crippen molar-refractivity contribution in [2.75, 3.05) is 6.54 Å². The Morgan fingerprint density at radius 1 is 1.06 bits per heavy atom. The van der Waals surface area contributed by atoms with E-state index < -0.39 is 4.92 Å². The summed E-state index contributed by atoms with van der Waals surface area (Å²) in [5.74, 6) is 0.998. The Kier molecular flexibility index (Phi) is 6.20. The Bertz CT molecular complexity index is 1320. The molecule has 0 bridgehead atoms. The number of thioether (sulfide) groups is 1. The van der Waals surface area contributed by atoms with Gasteiger partial charge in [-0.2, -0.15) is 0 Å². The van der Waals surface area contributed by atoms with Gasteiger partial charge in [-0.05, 0) is 86.5 Å². The second-order valence-electron chi connectivity index (χ2n) is 7.78. The van der Waals surface area contributed by atoms with Gasteiger partial charge in [-0.3, -0.25) is 19.8 Å². The molecule has 0 saturated carbocycles. The molecule has 0 unspecified atom stereocenters. The van der Waals surface area contributed by atoms with Crippen LogP contribution in [0, 0.1) is 30.9 Å². The predicted octanol–water partition coefficient (Wildman–Crippen LogP) is 6.40. The number of nitro groups is 1. The summed E-state index contributed by atoms with van der Waals surface area (Å²) in [5, 5.41) is 11.6. The molecule has 0 N–H and O–H groups in total. The molecule has 7 nitrogen and oxygen atoms in total. The maximum absolute atomic E-state index is 12.9. The molecule has 0 spiro atoms. The summed E-state index contributed by atoms with van der Waals surface area (Å²) in [6, 6.07) is 14.2. The number of carbonyl (C=O) groups excluding carboxylic acids is 1. The van der Waals surface area contributed by atoms with Gasteiger partial charge in [0.2, 0.25) is 0 Å². The number of nitrogens with zero attached hydrogens (tertiary/aromatic N) is 3. The van der Waals surface area contributed by atoms with Crippen LogP contribution in [0.3, 0.4) is 0 Å². The number of hydrogen-bond acceptors (Lipinski definition) is 6. The molecule has 4 rings (SSSR count).